The maximum Gasteiger partial charge on any atom is 0.185 e. The lowest BCUT2D eigenvalue weighted by atomic mass is 10.2. The van der Waals surface area contributed by atoms with E-state index in [4.69, 9.17) is 15.2 Å². The zero-order valence-corrected chi connectivity index (χ0v) is 7.93. The van der Waals surface area contributed by atoms with Crippen molar-refractivity contribution in [2.45, 2.75) is 18.8 Å². The summed E-state index contributed by atoms with van der Waals surface area (Å²) in [5, 5.41) is 0. The summed E-state index contributed by atoms with van der Waals surface area (Å²) in [5.41, 5.74) is 6.41. The van der Waals surface area contributed by atoms with Crippen LogP contribution < -0.4 is 5.73 Å². The quantitative estimate of drug-likeness (QED) is 0.774. The Kier molecular flexibility index (Phi) is 3.08. The molecule has 1 aromatic heterocycles. The summed E-state index contributed by atoms with van der Waals surface area (Å²) in [6, 6.07) is 3.82. The Morgan fingerprint density at radius 2 is 2.50 bits per heavy atom. The fourth-order valence-electron chi connectivity index (χ4n) is 1.48. The molecule has 0 amide bonds. The molecule has 0 saturated carbocycles. The molecule has 2 atom stereocenters. The standard InChI is InChI=1S/C10H14N2O2/c11-4-3-9-7-13-10(14-9)8-2-1-5-12-6-8/h1-2,5-6,9-10H,3-4,7,11H2. The number of hydrogen-bond acceptors (Lipinski definition) is 4. The van der Waals surface area contributed by atoms with Crippen LogP contribution in [0.5, 0.6) is 0 Å². The van der Waals surface area contributed by atoms with Gasteiger partial charge < -0.3 is 15.2 Å². The fraction of sp³-hybridized carbons (Fsp3) is 0.500. The van der Waals surface area contributed by atoms with Crippen molar-refractivity contribution in [3.63, 3.8) is 0 Å². The van der Waals surface area contributed by atoms with Crippen LogP contribution in [-0.4, -0.2) is 24.2 Å². The van der Waals surface area contributed by atoms with E-state index in [2.05, 4.69) is 4.98 Å². The van der Waals surface area contributed by atoms with Gasteiger partial charge in [0, 0.05) is 18.0 Å². The predicted molar refractivity (Wildman–Crippen MR) is 51.5 cm³/mol. The first kappa shape index (κ1) is 9.58. The van der Waals surface area contributed by atoms with E-state index in [1.165, 1.54) is 0 Å². The molecule has 1 saturated heterocycles. The van der Waals surface area contributed by atoms with Crippen molar-refractivity contribution in [2.75, 3.05) is 13.2 Å². The lowest BCUT2D eigenvalue weighted by molar-refractivity contribution is -0.0609. The maximum atomic E-state index is 5.65. The number of aromatic nitrogens is 1. The summed E-state index contributed by atoms with van der Waals surface area (Å²) < 4.78 is 11.1. The van der Waals surface area contributed by atoms with Gasteiger partial charge in [-0.1, -0.05) is 6.07 Å². The zero-order chi connectivity index (χ0) is 9.80. The van der Waals surface area contributed by atoms with Gasteiger partial charge in [0.05, 0.1) is 12.7 Å². The molecule has 1 aliphatic rings. The molecule has 4 heteroatoms. The molecule has 1 aromatic rings. The second kappa shape index (κ2) is 4.50. The smallest absolute Gasteiger partial charge is 0.185 e. The minimum absolute atomic E-state index is 0.130. The van der Waals surface area contributed by atoms with Crippen molar-refractivity contribution in [1.29, 1.82) is 0 Å². The molecule has 0 radical (unpaired) electrons. The van der Waals surface area contributed by atoms with Crippen molar-refractivity contribution in [3.8, 4) is 0 Å². The highest BCUT2D eigenvalue weighted by molar-refractivity contribution is 5.10. The van der Waals surface area contributed by atoms with Crippen LogP contribution in [0.15, 0.2) is 24.5 Å². The molecule has 2 heterocycles. The number of hydrogen-bond donors (Lipinski definition) is 1. The average molecular weight is 194 g/mol. The molecule has 0 bridgehead atoms. The van der Waals surface area contributed by atoms with Gasteiger partial charge in [0.15, 0.2) is 6.29 Å². The molecule has 4 nitrogen and oxygen atoms in total. The van der Waals surface area contributed by atoms with Gasteiger partial charge in [-0.2, -0.15) is 0 Å². The molecule has 1 fully saturated rings. The minimum atomic E-state index is -0.264. The van der Waals surface area contributed by atoms with Crippen molar-refractivity contribution >= 4 is 0 Å². The fourth-order valence-corrected chi connectivity index (χ4v) is 1.48. The van der Waals surface area contributed by atoms with Crippen LogP contribution in [0.25, 0.3) is 0 Å². The van der Waals surface area contributed by atoms with Gasteiger partial charge in [-0.3, -0.25) is 4.98 Å². The van der Waals surface area contributed by atoms with Crippen molar-refractivity contribution in [1.82, 2.24) is 4.98 Å². The summed E-state index contributed by atoms with van der Waals surface area (Å²) in [6.45, 7) is 1.25. The number of nitrogens with two attached hydrogens (primary N) is 1. The molecule has 76 valence electrons. The van der Waals surface area contributed by atoms with E-state index in [1.54, 1.807) is 12.4 Å². The van der Waals surface area contributed by atoms with Gasteiger partial charge >= 0.3 is 0 Å². The van der Waals surface area contributed by atoms with Crippen LogP contribution >= 0.6 is 0 Å². The van der Waals surface area contributed by atoms with Crippen LogP contribution in [0.4, 0.5) is 0 Å². The Morgan fingerprint density at radius 1 is 1.57 bits per heavy atom. The first-order valence-electron chi connectivity index (χ1n) is 4.77. The summed E-state index contributed by atoms with van der Waals surface area (Å²) >= 11 is 0. The Hall–Kier alpha value is -0.970. The second-order valence-corrected chi connectivity index (χ2v) is 3.29. The Morgan fingerprint density at radius 3 is 3.21 bits per heavy atom. The molecule has 2 rings (SSSR count). The second-order valence-electron chi connectivity index (χ2n) is 3.29. The van der Waals surface area contributed by atoms with Crippen LogP contribution in [-0.2, 0) is 9.47 Å². The zero-order valence-electron chi connectivity index (χ0n) is 7.93. The largest absolute Gasteiger partial charge is 0.346 e. The molecule has 0 spiro atoms. The van der Waals surface area contributed by atoms with E-state index < -0.39 is 0 Å². The van der Waals surface area contributed by atoms with E-state index in [1.807, 2.05) is 12.1 Å². The first-order valence-corrected chi connectivity index (χ1v) is 4.77. The molecular weight excluding hydrogens is 180 g/mol. The van der Waals surface area contributed by atoms with Gasteiger partial charge in [-0.05, 0) is 19.0 Å². The van der Waals surface area contributed by atoms with E-state index >= 15 is 0 Å². The highest BCUT2D eigenvalue weighted by Gasteiger charge is 2.26. The molecule has 2 unspecified atom stereocenters. The van der Waals surface area contributed by atoms with Crippen LogP contribution in [0.2, 0.25) is 0 Å². The van der Waals surface area contributed by atoms with E-state index in [0.717, 1.165) is 12.0 Å². The third kappa shape index (κ3) is 2.09. The molecular formula is C10H14N2O2. The number of nitrogens with zero attached hydrogens (tertiary/aromatic N) is 1. The van der Waals surface area contributed by atoms with Crippen molar-refractivity contribution in [3.05, 3.63) is 30.1 Å². The number of ether oxygens (including phenoxy) is 2. The SMILES string of the molecule is NCCC1COC(c2cccnc2)O1. The first-order chi connectivity index (χ1) is 6.90. The maximum absolute atomic E-state index is 5.65. The molecule has 0 aromatic carbocycles. The highest BCUT2D eigenvalue weighted by Crippen LogP contribution is 2.26. The van der Waals surface area contributed by atoms with Crippen LogP contribution in [0.1, 0.15) is 18.3 Å². The summed E-state index contributed by atoms with van der Waals surface area (Å²) in [7, 11) is 0. The molecule has 2 N–H and O–H groups in total. The summed E-state index contributed by atoms with van der Waals surface area (Å²) in [5.74, 6) is 0. The molecule has 0 aliphatic carbocycles. The van der Waals surface area contributed by atoms with Crippen molar-refractivity contribution < 1.29 is 9.47 Å². The normalized spacial score (nSPS) is 26.6. The van der Waals surface area contributed by atoms with Gasteiger partial charge in [-0.15, -0.1) is 0 Å². The van der Waals surface area contributed by atoms with Crippen LogP contribution in [0, 0.1) is 0 Å². The number of rotatable bonds is 3. The van der Waals surface area contributed by atoms with Gasteiger partial charge in [0.25, 0.3) is 0 Å². The third-order valence-corrected chi connectivity index (χ3v) is 2.19. The monoisotopic (exact) mass is 194 g/mol. The predicted octanol–water partition coefficient (Wildman–Crippen LogP) is 0.844. The molecule has 14 heavy (non-hydrogen) atoms. The van der Waals surface area contributed by atoms with E-state index in [9.17, 15) is 0 Å². The summed E-state index contributed by atoms with van der Waals surface area (Å²) in [4.78, 5) is 4.02. The average Bonchev–Trinajstić information content (AvgIpc) is 2.68. The lowest BCUT2D eigenvalue weighted by Gasteiger charge is -2.10. The Labute approximate surface area is 83.0 Å². The van der Waals surface area contributed by atoms with Crippen molar-refractivity contribution in [2.24, 2.45) is 5.73 Å². The minimum Gasteiger partial charge on any atom is -0.346 e. The topological polar surface area (TPSA) is 57.4 Å². The van der Waals surface area contributed by atoms with Gasteiger partial charge in [0.2, 0.25) is 0 Å². The van der Waals surface area contributed by atoms with E-state index in [0.29, 0.717) is 13.2 Å². The van der Waals surface area contributed by atoms with Crippen LogP contribution in [0.3, 0.4) is 0 Å². The van der Waals surface area contributed by atoms with Gasteiger partial charge in [-0.25, -0.2) is 0 Å². The summed E-state index contributed by atoms with van der Waals surface area (Å²) in [6.07, 6.45) is 4.20. The number of pyridine rings is 1. The Balaban J connectivity index is 1.96. The molecule has 1 aliphatic heterocycles. The lowest BCUT2D eigenvalue weighted by Crippen LogP contribution is -2.15. The third-order valence-electron chi connectivity index (χ3n) is 2.19. The van der Waals surface area contributed by atoms with Gasteiger partial charge in [0.1, 0.15) is 0 Å². The highest BCUT2D eigenvalue weighted by atomic mass is 16.7. The van der Waals surface area contributed by atoms with E-state index in [-0.39, 0.29) is 12.4 Å². The Bertz CT molecular complexity index is 279.